The summed E-state index contributed by atoms with van der Waals surface area (Å²) in [6.45, 7) is 1.74. The molecule has 0 amide bonds. The van der Waals surface area contributed by atoms with Crippen molar-refractivity contribution in [1.29, 1.82) is 0 Å². The van der Waals surface area contributed by atoms with Crippen molar-refractivity contribution < 1.29 is 0 Å². The fourth-order valence-corrected chi connectivity index (χ4v) is 5.10. The van der Waals surface area contributed by atoms with Gasteiger partial charge in [0, 0.05) is 11.4 Å². The minimum absolute atomic E-state index is 0.586. The van der Waals surface area contributed by atoms with Gasteiger partial charge in [-0.3, -0.25) is 0 Å². The molecule has 0 aliphatic carbocycles. The van der Waals surface area contributed by atoms with Crippen LogP contribution in [0.2, 0.25) is 0 Å². The maximum absolute atomic E-state index is 6.05. The van der Waals surface area contributed by atoms with Gasteiger partial charge in [0.15, 0.2) is 0 Å². The van der Waals surface area contributed by atoms with Crippen LogP contribution < -0.4 is 10.6 Å². The third kappa shape index (κ3) is 1.91. The first-order valence-electron chi connectivity index (χ1n) is 7.25. The molecular weight excluding hydrogens is 328 g/mol. The van der Waals surface area contributed by atoms with Gasteiger partial charge in [-0.05, 0) is 23.4 Å². The molecule has 1 aliphatic rings. The Labute approximate surface area is 139 Å². The molecule has 4 aromatic heterocycles. The second kappa shape index (κ2) is 4.84. The van der Waals surface area contributed by atoms with Gasteiger partial charge in [0.2, 0.25) is 0 Å². The number of rotatable bonds is 1. The highest BCUT2D eigenvalue weighted by Crippen LogP contribution is 2.38. The Bertz CT molecular complexity index is 1040. The van der Waals surface area contributed by atoms with Crippen LogP contribution in [0, 0.1) is 0 Å². The number of fused-ring (bicyclic) bond motifs is 4. The molecule has 1 aliphatic heterocycles. The van der Waals surface area contributed by atoms with Gasteiger partial charge in [0.05, 0.1) is 17.3 Å². The molecule has 5 heterocycles. The molecule has 4 aromatic rings. The molecule has 0 saturated carbocycles. The number of aromatic nitrogens is 4. The molecule has 0 fully saturated rings. The fourth-order valence-electron chi connectivity index (χ4n) is 3.16. The summed E-state index contributed by atoms with van der Waals surface area (Å²) in [7, 11) is 0. The van der Waals surface area contributed by atoms with Crippen molar-refractivity contribution in [2.75, 3.05) is 17.2 Å². The molecular formula is C15H12N6S2. The second-order valence-corrected chi connectivity index (χ2v) is 7.43. The number of nitrogens with two attached hydrogens (primary N) is 1. The summed E-state index contributed by atoms with van der Waals surface area (Å²) in [6.07, 6.45) is 4.12. The van der Waals surface area contributed by atoms with Crippen LogP contribution in [0.4, 0.5) is 11.6 Å². The Morgan fingerprint density at radius 2 is 1.96 bits per heavy atom. The number of hydrogen-bond acceptors (Lipinski definition) is 8. The van der Waals surface area contributed by atoms with E-state index in [9.17, 15) is 0 Å². The van der Waals surface area contributed by atoms with Crippen molar-refractivity contribution >= 4 is 54.7 Å². The maximum Gasteiger partial charge on any atom is 0.141 e. The van der Waals surface area contributed by atoms with Crippen LogP contribution in [0.25, 0.3) is 20.4 Å². The van der Waals surface area contributed by atoms with Gasteiger partial charge < -0.3 is 10.6 Å². The van der Waals surface area contributed by atoms with E-state index in [1.807, 2.05) is 0 Å². The summed E-state index contributed by atoms with van der Waals surface area (Å²) >= 11 is 3.35. The van der Waals surface area contributed by atoms with Crippen LogP contribution in [0.1, 0.15) is 10.4 Å². The monoisotopic (exact) mass is 340 g/mol. The summed E-state index contributed by atoms with van der Waals surface area (Å²) < 4.78 is 0. The predicted octanol–water partition coefficient (Wildman–Crippen LogP) is 2.84. The minimum Gasteiger partial charge on any atom is -0.383 e. The van der Waals surface area contributed by atoms with Crippen molar-refractivity contribution in [2.24, 2.45) is 0 Å². The first-order chi connectivity index (χ1) is 11.3. The van der Waals surface area contributed by atoms with E-state index in [1.165, 1.54) is 16.8 Å². The van der Waals surface area contributed by atoms with Crippen LogP contribution in [0.3, 0.4) is 0 Å². The summed E-state index contributed by atoms with van der Waals surface area (Å²) in [5.41, 5.74) is 7.35. The van der Waals surface area contributed by atoms with Crippen LogP contribution in [-0.2, 0) is 13.0 Å². The molecule has 0 spiro atoms. The van der Waals surface area contributed by atoms with E-state index < -0.39 is 0 Å². The number of anilines is 2. The third-order valence-electron chi connectivity index (χ3n) is 4.21. The minimum atomic E-state index is 0.586. The van der Waals surface area contributed by atoms with Gasteiger partial charge in [0.25, 0.3) is 0 Å². The SMILES string of the molecule is Nc1ncnc2sc3c(c12)CCN(c1ncnc2sccc12)C3. The van der Waals surface area contributed by atoms with Crippen LogP contribution >= 0.6 is 22.7 Å². The van der Waals surface area contributed by atoms with Crippen LogP contribution in [0.15, 0.2) is 24.1 Å². The number of thiophene rings is 2. The van der Waals surface area contributed by atoms with E-state index in [4.69, 9.17) is 5.73 Å². The summed E-state index contributed by atoms with van der Waals surface area (Å²) in [4.78, 5) is 23.0. The van der Waals surface area contributed by atoms with E-state index in [1.54, 1.807) is 29.0 Å². The van der Waals surface area contributed by atoms with E-state index >= 15 is 0 Å². The van der Waals surface area contributed by atoms with Gasteiger partial charge in [-0.1, -0.05) is 0 Å². The molecule has 6 nitrogen and oxygen atoms in total. The van der Waals surface area contributed by atoms with Gasteiger partial charge >= 0.3 is 0 Å². The second-order valence-electron chi connectivity index (χ2n) is 5.45. The quantitative estimate of drug-likeness (QED) is 0.574. The number of nitrogen functional groups attached to an aromatic ring is 1. The van der Waals surface area contributed by atoms with E-state index in [2.05, 4.69) is 36.3 Å². The van der Waals surface area contributed by atoms with Crippen molar-refractivity contribution in [3.05, 3.63) is 34.5 Å². The standard InChI is InChI=1S/C15H12N6S2/c16-12-11-8-1-3-21(5-10(8)23-15(11)20-6-17-12)13-9-2-4-22-14(9)19-7-18-13/h2,4,6-7H,1,3,5H2,(H2,16,17,20). The molecule has 114 valence electrons. The molecule has 0 unspecified atom stereocenters. The van der Waals surface area contributed by atoms with Crippen molar-refractivity contribution in [3.8, 4) is 0 Å². The lowest BCUT2D eigenvalue weighted by atomic mass is 10.0. The Morgan fingerprint density at radius 3 is 2.91 bits per heavy atom. The smallest absolute Gasteiger partial charge is 0.141 e. The van der Waals surface area contributed by atoms with Gasteiger partial charge in [-0.25, -0.2) is 19.9 Å². The summed E-state index contributed by atoms with van der Waals surface area (Å²) in [5.74, 6) is 1.60. The molecule has 0 bridgehead atoms. The normalized spacial score (nSPS) is 14.5. The largest absolute Gasteiger partial charge is 0.383 e. The van der Waals surface area contributed by atoms with Gasteiger partial charge in [-0.2, -0.15) is 0 Å². The molecule has 23 heavy (non-hydrogen) atoms. The van der Waals surface area contributed by atoms with E-state index in [0.29, 0.717) is 5.82 Å². The zero-order valence-electron chi connectivity index (χ0n) is 12.1. The Balaban J connectivity index is 1.62. The fraction of sp³-hybridized carbons (Fsp3) is 0.200. The highest BCUT2D eigenvalue weighted by molar-refractivity contribution is 7.19. The summed E-state index contributed by atoms with van der Waals surface area (Å²) in [5, 5.41) is 4.23. The topological polar surface area (TPSA) is 80.8 Å². The Kier molecular flexibility index (Phi) is 2.77. The average molecular weight is 340 g/mol. The van der Waals surface area contributed by atoms with E-state index in [0.717, 1.165) is 45.8 Å². The zero-order valence-corrected chi connectivity index (χ0v) is 13.7. The third-order valence-corrected chi connectivity index (χ3v) is 6.15. The lowest BCUT2D eigenvalue weighted by molar-refractivity contribution is 0.739. The summed E-state index contributed by atoms with van der Waals surface area (Å²) in [6, 6.07) is 2.10. The predicted molar refractivity (Wildman–Crippen MR) is 94.0 cm³/mol. The molecule has 0 radical (unpaired) electrons. The number of nitrogens with zero attached hydrogens (tertiary/aromatic N) is 5. The van der Waals surface area contributed by atoms with Crippen molar-refractivity contribution in [1.82, 2.24) is 19.9 Å². The molecule has 2 N–H and O–H groups in total. The zero-order chi connectivity index (χ0) is 15.4. The van der Waals surface area contributed by atoms with E-state index in [-0.39, 0.29) is 0 Å². The first kappa shape index (κ1) is 13.1. The highest BCUT2D eigenvalue weighted by Gasteiger charge is 2.25. The van der Waals surface area contributed by atoms with Crippen LogP contribution in [0.5, 0.6) is 0 Å². The van der Waals surface area contributed by atoms with Crippen molar-refractivity contribution in [2.45, 2.75) is 13.0 Å². The van der Waals surface area contributed by atoms with Crippen LogP contribution in [-0.4, -0.2) is 26.5 Å². The first-order valence-corrected chi connectivity index (χ1v) is 8.95. The van der Waals surface area contributed by atoms with Gasteiger partial charge in [0.1, 0.15) is 34.0 Å². The molecule has 0 saturated heterocycles. The Morgan fingerprint density at radius 1 is 1.09 bits per heavy atom. The lowest BCUT2D eigenvalue weighted by Crippen LogP contribution is -2.30. The average Bonchev–Trinajstić information content (AvgIpc) is 3.18. The highest BCUT2D eigenvalue weighted by atomic mass is 32.1. The van der Waals surface area contributed by atoms with Crippen molar-refractivity contribution in [3.63, 3.8) is 0 Å². The van der Waals surface area contributed by atoms with Gasteiger partial charge in [-0.15, -0.1) is 22.7 Å². The molecule has 5 rings (SSSR count). The molecule has 0 aromatic carbocycles. The molecule has 8 heteroatoms. The lowest BCUT2D eigenvalue weighted by Gasteiger charge is -2.28. The maximum atomic E-state index is 6.05. The Hall–Kier alpha value is -2.32. The number of hydrogen-bond donors (Lipinski definition) is 1. The molecule has 0 atom stereocenters.